The van der Waals surface area contributed by atoms with Gasteiger partial charge in [-0.15, -0.1) is 5.10 Å². The van der Waals surface area contributed by atoms with Gasteiger partial charge in [0.05, 0.1) is 18.1 Å². The van der Waals surface area contributed by atoms with Gasteiger partial charge < -0.3 is 5.73 Å². The molecule has 4 nitrogen and oxygen atoms in total. The van der Waals surface area contributed by atoms with Crippen LogP contribution in [-0.2, 0) is 0 Å². The molecular formula is C9H8N4S. The van der Waals surface area contributed by atoms with E-state index in [1.54, 1.807) is 17.1 Å². The second-order valence-corrected chi connectivity index (χ2v) is 3.17. The van der Waals surface area contributed by atoms with E-state index in [0.29, 0.717) is 4.99 Å². The monoisotopic (exact) mass is 204 g/mol. The third-order valence-electron chi connectivity index (χ3n) is 1.84. The predicted molar refractivity (Wildman–Crippen MR) is 57.2 cm³/mol. The summed E-state index contributed by atoms with van der Waals surface area (Å²) in [7, 11) is 0. The molecule has 0 aliphatic carbocycles. The van der Waals surface area contributed by atoms with Crippen LogP contribution in [-0.4, -0.2) is 20.0 Å². The highest BCUT2D eigenvalue weighted by Crippen LogP contribution is 2.12. The van der Waals surface area contributed by atoms with Crippen LogP contribution in [0.2, 0.25) is 0 Å². The van der Waals surface area contributed by atoms with Crippen molar-refractivity contribution in [1.29, 1.82) is 0 Å². The third-order valence-corrected chi connectivity index (χ3v) is 2.06. The molecule has 0 fully saturated rings. The standard InChI is InChI=1S/C9H8N4S/c10-9(14)7-3-1-2-4-8(7)13-6-5-11-12-13/h1-6H,(H2,10,14). The molecule has 0 saturated heterocycles. The number of nitrogens with two attached hydrogens (primary N) is 1. The van der Waals surface area contributed by atoms with Crippen molar-refractivity contribution in [3.63, 3.8) is 0 Å². The summed E-state index contributed by atoms with van der Waals surface area (Å²) >= 11 is 4.94. The van der Waals surface area contributed by atoms with Gasteiger partial charge in [-0.05, 0) is 12.1 Å². The number of benzene rings is 1. The molecule has 70 valence electrons. The number of thiocarbonyl (C=S) groups is 1. The molecule has 0 radical (unpaired) electrons. The smallest absolute Gasteiger partial charge is 0.106 e. The van der Waals surface area contributed by atoms with Crippen LogP contribution in [0, 0.1) is 0 Å². The number of rotatable bonds is 2. The van der Waals surface area contributed by atoms with Crippen LogP contribution in [0.3, 0.4) is 0 Å². The van der Waals surface area contributed by atoms with Gasteiger partial charge in [-0.3, -0.25) is 0 Å². The number of aromatic nitrogens is 3. The van der Waals surface area contributed by atoms with Gasteiger partial charge >= 0.3 is 0 Å². The fraction of sp³-hybridized carbons (Fsp3) is 0. The van der Waals surface area contributed by atoms with E-state index in [9.17, 15) is 0 Å². The number of hydrogen-bond acceptors (Lipinski definition) is 3. The molecule has 0 aliphatic heterocycles. The number of para-hydroxylation sites is 1. The Bertz CT molecular complexity index is 450. The molecule has 0 unspecified atom stereocenters. The van der Waals surface area contributed by atoms with Crippen molar-refractivity contribution in [2.24, 2.45) is 5.73 Å². The largest absolute Gasteiger partial charge is 0.389 e. The van der Waals surface area contributed by atoms with E-state index in [4.69, 9.17) is 18.0 Å². The van der Waals surface area contributed by atoms with Crippen LogP contribution >= 0.6 is 12.2 Å². The molecule has 0 saturated carbocycles. The van der Waals surface area contributed by atoms with E-state index < -0.39 is 0 Å². The Morgan fingerprint density at radius 2 is 2.14 bits per heavy atom. The second-order valence-electron chi connectivity index (χ2n) is 2.73. The van der Waals surface area contributed by atoms with Crippen molar-refractivity contribution in [2.45, 2.75) is 0 Å². The Morgan fingerprint density at radius 1 is 1.36 bits per heavy atom. The van der Waals surface area contributed by atoms with E-state index >= 15 is 0 Å². The molecular weight excluding hydrogens is 196 g/mol. The maximum Gasteiger partial charge on any atom is 0.106 e. The summed E-state index contributed by atoms with van der Waals surface area (Å²) in [5.41, 5.74) is 7.23. The van der Waals surface area contributed by atoms with Crippen LogP contribution < -0.4 is 5.73 Å². The van der Waals surface area contributed by atoms with Crippen LogP contribution in [0.15, 0.2) is 36.7 Å². The first-order valence-corrected chi connectivity index (χ1v) is 4.45. The van der Waals surface area contributed by atoms with Crippen molar-refractivity contribution in [1.82, 2.24) is 15.0 Å². The van der Waals surface area contributed by atoms with Crippen molar-refractivity contribution in [3.05, 3.63) is 42.2 Å². The van der Waals surface area contributed by atoms with Crippen molar-refractivity contribution in [2.75, 3.05) is 0 Å². The lowest BCUT2D eigenvalue weighted by atomic mass is 10.2. The minimum Gasteiger partial charge on any atom is -0.389 e. The summed E-state index contributed by atoms with van der Waals surface area (Å²) in [5, 5.41) is 7.61. The lowest BCUT2D eigenvalue weighted by molar-refractivity contribution is 0.802. The molecule has 2 aromatic rings. The first-order chi connectivity index (χ1) is 6.79. The summed E-state index contributed by atoms with van der Waals surface area (Å²) in [6.07, 6.45) is 3.35. The van der Waals surface area contributed by atoms with Gasteiger partial charge in [-0.2, -0.15) is 0 Å². The van der Waals surface area contributed by atoms with Gasteiger partial charge in [0.15, 0.2) is 0 Å². The Balaban J connectivity index is 2.58. The molecule has 0 bridgehead atoms. The summed E-state index contributed by atoms with van der Waals surface area (Å²) in [6.45, 7) is 0. The SMILES string of the molecule is NC(=S)c1ccccc1-n1ccnn1. The first kappa shape index (κ1) is 8.83. The summed E-state index contributed by atoms with van der Waals surface area (Å²) < 4.78 is 1.63. The zero-order valence-electron chi connectivity index (χ0n) is 7.29. The minimum absolute atomic E-state index is 0.358. The van der Waals surface area contributed by atoms with Crippen molar-refractivity contribution in [3.8, 4) is 5.69 Å². The van der Waals surface area contributed by atoms with Crippen molar-refractivity contribution >= 4 is 17.2 Å². The average molecular weight is 204 g/mol. The number of nitrogens with zero attached hydrogens (tertiary/aromatic N) is 3. The average Bonchev–Trinajstić information content (AvgIpc) is 2.70. The van der Waals surface area contributed by atoms with Gasteiger partial charge in [0.2, 0.25) is 0 Å². The maximum absolute atomic E-state index is 5.59. The van der Waals surface area contributed by atoms with Gasteiger partial charge in [-0.25, -0.2) is 4.68 Å². The Morgan fingerprint density at radius 3 is 2.79 bits per heavy atom. The van der Waals surface area contributed by atoms with Gasteiger partial charge in [0.25, 0.3) is 0 Å². The molecule has 5 heteroatoms. The van der Waals surface area contributed by atoms with Gasteiger partial charge in [-0.1, -0.05) is 29.6 Å². The minimum atomic E-state index is 0.358. The lowest BCUT2D eigenvalue weighted by Gasteiger charge is -2.06. The topological polar surface area (TPSA) is 56.7 Å². The molecule has 14 heavy (non-hydrogen) atoms. The molecule has 2 N–H and O–H groups in total. The molecule has 0 spiro atoms. The Labute approximate surface area is 86.3 Å². The van der Waals surface area contributed by atoms with Gasteiger partial charge in [0.1, 0.15) is 4.99 Å². The van der Waals surface area contributed by atoms with Crippen LogP contribution in [0.1, 0.15) is 5.56 Å². The molecule has 2 rings (SSSR count). The van der Waals surface area contributed by atoms with Crippen LogP contribution in [0.4, 0.5) is 0 Å². The maximum atomic E-state index is 5.59. The van der Waals surface area contributed by atoms with E-state index in [1.807, 2.05) is 24.3 Å². The highest BCUT2D eigenvalue weighted by atomic mass is 32.1. The fourth-order valence-electron chi connectivity index (χ4n) is 1.22. The fourth-order valence-corrected chi connectivity index (χ4v) is 1.39. The third kappa shape index (κ3) is 1.49. The molecule has 0 atom stereocenters. The predicted octanol–water partition coefficient (Wildman–Crippen LogP) is 0.901. The van der Waals surface area contributed by atoms with Crippen LogP contribution in [0.25, 0.3) is 5.69 Å². The Hall–Kier alpha value is -1.75. The summed E-state index contributed by atoms with van der Waals surface area (Å²) in [5.74, 6) is 0. The highest BCUT2D eigenvalue weighted by molar-refractivity contribution is 7.80. The Kier molecular flexibility index (Phi) is 2.24. The lowest BCUT2D eigenvalue weighted by Crippen LogP contribution is -2.13. The van der Waals surface area contributed by atoms with E-state index in [2.05, 4.69) is 10.3 Å². The van der Waals surface area contributed by atoms with Gasteiger partial charge in [0, 0.05) is 5.56 Å². The summed E-state index contributed by atoms with van der Waals surface area (Å²) in [4.78, 5) is 0.358. The van der Waals surface area contributed by atoms with E-state index in [1.165, 1.54) is 0 Å². The second kappa shape index (κ2) is 3.55. The van der Waals surface area contributed by atoms with E-state index in [-0.39, 0.29) is 0 Å². The molecule has 1 heterocycles. The van der Waals surface area contributed by atoms with Crippen LogP contribution in [0.5, 0.6) is 0 Å². The first-order valence-electron chi connectivity index (χ1n) is 4.04. The normalized spacial score (nSPS) is 10.0. The van der Waals surface area contributed by atoms with Crippen molar-refractivity contribution < 1.29 is 0 Å². The summed E-state index contributed by atoms with van der Waals surface area (Å²) in [6, 6.07) is 7.54. The zero-order valence-corrected chi connectivity index (χ0v) is 8.11. The molecule has 1 aromatic carbocycles. The molecule has 0 aliphatic rings. The quantitative estimate of drug-likeness (QED) is 0.738. The molecule has 0 amide bonds. The van der Waals surface area contributed by atoms with E-state index in [0.717, 1.165) is 11.3 Å². The highest BCUT2D eigenvalue weighted by Gasteiger charge is 2.05. The number of hydrogen-bond donors (Lipinski definition) is 1. The zero-order chi connectivity index (χ0) is 9.97. The molecule has 1 aromatic heterocycles.